The molecule has 0 unspecified atom stereocenters. The van der Waals surface area contributed by atoms with Gasteiger partial charge in [-0.05, 0) is 41.8 Å². The van der Waals surface area contributed by atoms with E-state index in [0.717, 1.165) is 10.9 Å². The lowest BCUT2D eigenvalue weighted by Crippen LogP contribution is -2.17. The number of aromatic amines is 3. The summed E-state index contributed by atoms with van der Waals surface area (Å²) in [6.07, 6.45) is 2.44. The van der Waals surface area contributed by atoms with Gasteiger partial charge >= 0.3 is 17.4 Å². The number of anilines is 1. The van der Waals surface area contributed by atoms with Crippen LogP contribution >= 0.6 is 0 Å². The fourth-order valence-corrected chi connectivity index (χ4v) is 3.73. The maximum atomic E-state index is 12.7. The lowest BCUT2D eigenvalue weighted by molar-refractivity contribution is 0.259. The monoisotopic (exact) mass is 536 g/mol. The van der Waals surface area contributed by atoms with Crippen LogP contribution in [-0.2, 0) is 0 Å². The van der Waals surface area contributed by atoms with Crippen LogP contribution in [0.2, 0.25) is 0 Å². The SMILES string of the molecule is CC(C)c1cc(-c2n[nH]c(=O)n2-c2ccc3[nH]ccc3c2)c(O)cc1O.O=NC(=O)Nc1[nH]c(=O)ncc1F. The van der Waals surface area contributed by atoms with Crippen molar-refractivity contribution in [2.45, 2.75) is 19.8 Å². The standard InChI is InChI=1S/C19H18N4O3.C5H3FN4O3/c1-10(2)13-8-14(17(25)9-16(13)24)18-21-22-19(26)23(18)12-3-4-15-11(7-12)5-6-20-15;6-2-1-7-4(11)8-3(2)9-5(12)10-13/h3-10,20,24-25H,1-2H3,(H,22,26);1H,(H2,7,8,9,11,12). The maximum absolute atomic E-state index is 12.7. The summed E-state index contributed by atoms with van der Waals surface area (Å²) in [7, 11) is 0. The predicted molar refractivity (Wildman–Crippen MR) is 139 cm³/mol. The van der Waals surface area contributed by atoms with Gasteiger partial charge < -0.3 is 15.2 Å². The van der Waals surface area contributed by atoms with E-state index >= 15 is 0 Å². The number of hydrogen-bond acceptors (Lipinski definition) is 8. The van der Waals surface area contributed by atoms with Crippen LogP contribution in [0.1, 0.15) is 25.3 Å². The summed E-state index contributed by atoms with van der Waals surface area (Å²) in [5.41, 5.74) is 1.38. The molecule has 2 aromatic carbocycles. The molecule has 39 heavy (non-hydrogen) atoms. The molecular weight excluding hydrogens is 515 g/mol. The van der Waals surface area contributed by atoms with Crippen molar-refractivity contribution in [1.82, 2.24) is 29.7 Å². The second-order valence-corrected chi connectivity index (χ2v) is 8.45. The number of fused-ring (bicyclic) bond motifs is 1. The molecule has 0 saturated heterocycles. The van der Waals surface area contributed by atoms with E-state index < -0.39 is 29.0 Å². The summed E-state index contributed by atoms with van der Waals surface area (Å²) in [5, 5.41) is 31.6. The first-order valence-electron chi connectivity index (χ1n) is 11.3. The number of phenols is 2. The highest BCUT2D eigenvalue weighted by molar-refractivity contribution is 5.88. The van der Waals surface area contributed by atoms with Crippen LogP contribution < -0.4 is 16.7 Å². The van der Waals surface area contributed by atoms with Gasteiger partial charge in [-0.25, -0.2) is 28.4 Å². The molecule has 3 heterocycles. The first-order chi connectivity index (χ1) is 18.6. The highest BCUT2D eigenvalue weighted by Crippen LogP contribution is 2.37. The number of aromatic nitrogens is 6. The zero-order valence-electron chi connectivity index (χ0n) is 20.4. The minimum Gasteiger partial charge on any atom is -0.508 e. The smallest absolute Gasteiger partial charge is 0.384 e. The molecule has 0 aliphatic rings. The molecule has 3 aromatic heterocycles. The van der Waals surface area contributed by atoms with E-state index in [2.05, 4.69) is 20.2 Å². The van der Waals surface area contributed by atoms with E-state index in [0.29, 0.717) is 23.0 Å². The Labute approximate surface area is 217 Å². The summed E-state index contributed by atoms with van der Waals surface area (Å²) in [5.74, 6) is -1.30. The number of aromatic hydroxyl groups is 2. The Morgan fingerprint density at radius 1 is 1.13 bits per heavy atom. The van der Waals surface area contributed by atoms with Gasteiger partial charge in [-0.15, -0.1) is 4.91 Å². The summed E-state index contributed by atoms with van der Waals surface area (Å²) in [6.45, 7) is 3.88. The number of nitrogens with one attached hydrogen (secondary N) is 4. The van der Waals surface area contributed by atoms with E-state index in [1.54, 1.807) is 17.4 Å². The van der Waals surface area contributed by atoms with Gasteiger partial charge in [0, 0.05) is 28.3 Å². The fourth-order valence-electron chi connectivity index (χ4n) is 3.73. The molecule has 0 aliphatic heterocycles. The number of carbonyl (C=O) groups is 1. The molecule has 0 saturated carbocycles. The third-order valence-electron chi connectivity index (χ3n) is 5.56. The zero-order valence-corrected chi connectivity index (χ0v) is 20.4. The summed E-state index contributed by atoms with van der Waals surface area (Å²) in [6, 6.07) is 9.11. The minimum absolute atomic E-state index is 0.0134. The average molecular weight is 536 g/mol. The van der Waals surface area contributed by atoms with E-state index in [9.17, 15) is 33.9 Å². The summed E-state index contributed by atoms with van der Waals surface area (Å²) in [4.78, 5) is 50.9. The molecule has 2 amide bonds. The molecule has 5 aromatic rings. The highest BCUT2D eigenvalue weighted by Gasteiger charge is 2.19. The van der Waals surface area contributed by atoms with Crippen molar-refractivity contribution in [2.24, 2.45) is 5.18 Å². The van der Waals surface area contributed by atoms with Gasteiger partial charge in [-0.1, -0.05) is 13.8 Å². The van der Waals surface area contributed by atoms with Gasteiger partial charge in [-0.2, -0.15) is 10.1 Å². The number of nitrogens with zero attached hydrogens (tertiary/aromatic N) is 4. The number of halogens is 1. The summed E-state index contributed by atoms with van der Waals surface area (Å²) < 4.78 is 14.1. The molecule has 0 atom stereocenters. The van der Waals surface area contributed by atoms with E-state index in [1.807, 2.05) is 48.4 Å². The topological polar surface area (TPSA) is 211 Å². The molecule has 0 spiro atoms. The minimum atomic E-state index is -1.30. The Kier molecular flexibility index (Phi) is 7.32. The first kappa shape index (κ1) is 26.5. The van der Waals surface area contributed by atoms with E-state index in [4.69, 9.17) is 0 Å². The first-order valence-corrected chi connectivity index (χ1v) is 11.3. The van der Waals surface area contributed by atoms with Crippen molar-refractivity contribution in [3.05, 3.63) is 86.0 Å². The lowest BCUT2D eigenvalue weighted by Gasteiger charge is -2.13. The number of H-pyrrole nitrogens is 3. The van der Waals surface area contributed by atoms with Crippen LogP contribution in [0.5, 0.6) is 11.5 Å². The van der Waals surface area contributed by atoms with Crippen molar-refractivity contribution in [3.63, 3.8) is 0 Å². The Balaban J connectivity index is 0.000000229. The molecular formula is C24H21FN8O6. The molecule has 0 fully saturated rings. The van der Waals surface area contributed by atoms with Gasteiger partial charge in [-0.3, -0.25) is 10.3 Å². The Bertz CT molecular complexity index is 1800. The number of phenolic OH excluding ortho intramolecular Hbond substituents is 2. The molecule has 15 heteroatoms. The van der Waals surface area contributed by atoms with Crippen LogP contribution in [0.4, 0.5) is 15.0 Å². The number of carbonyl (C=O) groups excluding carboxylic acids is 1. The molecule has 200 valence electrons. The third-order valence-corrected chi connectivity index (χ3v) is 5.56. The van der Waals surface area contributed by atoms with Gasteiger partial charge in [0.2, 0.25) is 0 Å². The second kappa shape index (κ2) is 10.8. The lowest BCUT2D eigenvalue weighted by atomic mass is 9.98. The highest BCUT2D eigenvalue weighted by atomic mass is 19.1. The number of amides is 2. The molecule has 0 bridgehead atoms. The largest absolute Gasteiger partial charge is 0.508 e. The molecule has 0 aliphatic carbocycles. The normalized spacial score (nSPS) is 10.8. The quantitative estimate of drug-likeness (QED) is 0.187. The zero-order chi connectivity index (χ0) is 28.3. The molecule has 6 N–H and O–H groups in total. The number of hydrogen-bond donors (Lipinski definition) is 6. The predicted octanol–water partition coefficient (Wildman–Crippen LogP) is 3.45. The van der Waals surface area contributed by atoms with Crippen LogP contribution in [0.25, 0.3) is 28.0 Å². The van der Waals surface area contributed by atoms with Crippen LogP contribution in [0.3, 0.4) is 0 Å². The van der Waals surface area contributed by atoms with Crippen molar-refractivity contribution < 1.29 is 19.4 Å². The van der Waals surface area contributed by atoms with Crippen LogP contribution in [0, 0.1) is 10.7 Å². The molecule has 14 nitrogen and oxygen atoms in total. The van der Waals surface area contributed by atoms with Crippen molar-refractivity contribution >= 4 is 22.8 Å². The Morgan fingerprint density at radius 3 is 2.62 bits per heavy atom. The third kappa shape index (κ3) is 5.56. The van der Waals surface area contributed by atoms with Crippen LogP contribution in [-0.4, -0.2) is 46.0 Å². The van der Waals surface area contributed by atoms with E-state index in [1.165, 1.54) is 10.6 Å². The number of nitroso groups, excluding NO2 is 1. The van der Waals surface area contributed by atoms with Crippen molar-refractivity contribution in [3.8, 4) is 28.6 Å². The molecule has 0 radical (unpaired) electrons. The van der Waals surface area contributed by atoms with Gasteiger partial charge in [0.15, 0.2) is 17.5 Å². The van der Waals surface area contributed by atoms with Crippen LogP contribution in [0.15, 0.2) is 63.6 Å². The maximum Gasteiger partial charge on any atom is 0.384 e. The van der Waals surface area contributed by atoms with Crippen molar-refractivity contribution in [1.29, 1.82) is 0 Å². The Morgan fingerprint density at radius 2 is 1.90 bits per heavy atom. The average Bonchev–Trinajstić information content (AvgIpc) is 3.52. The van der Waals surface area contributed by atoms with Gasteiger partial charge in [0.25, 0.3) is 0 Å². The van der Waals surface area contributed by atoms with Gasteiger partial charge in [0.1, 0.15) is 11.5 Å². The number of urea groups is 1. The number of rotatable bonds is 4. The van der Waals surface area contributed by atoms with Crippen molar-refractivity contribution in [2.75, 3.05) is 5.32 Å². The van der Waals surface area contributed by atoms with Gasteiger partial charge in [0.05, 0.1) is 17.4 Å². The van der Waals surface area contributed by atoms with E-state index in [-0.39, 0.29) is 23.2 Å². The second-order valence-electron chi connectivity index (χ2n) is 8.45. The Hall–Kier alpha value is -5.60. The fraction of sp³-hybridized carbons (Fsp3) is 0.125. The number of benzene rings is 2. The molecule has 5 rings (SSSR count). The summed E-state index contributed by atoms with van der Waals surface area (Å²) >= 11 is 0.